The number of benzene rings is 1. The third-order valence-electron chi connectivity index (χ3n) is 2.02. The van der Waals surface area contributed by atoms with Crippen molar-refractivity contribution < 1.29 is 18.7 Å². The second kappa shape index (κ2) is 4.12. The van der Waals surface area contributed by atoms with Crippen molar-refractivity contribution in [1.29, 1.82) is 0 Å². The molecule has 6 heteroatoms. The first-order chi connectivity index (χ1) is 6.89. The number of carboxylic acid groups (broad SMARTS) is 1. The molecule has 3 nitrogen and oxygen atoms in total. The first-order valence-corrected chi connectivity index (χ1v) is 4.33. The van der Waals surface area contributed by atoms with Gasteiger partial charge in [-0.2, -0.15) is 0 Å². The number of nitrogens with two attached hydrogens (primary N) is 1. The summed E-state index contributed by atoms with van der Waals surface area (Å²) in [6.45, 7) is 0. The van der Waals surface area contributed by atoms with Gasteiger partial charge in [0.15, 0.2) is 0 Å². The minimum absolute atomic E-state index is 0.186. The maximum atomic E-state index is 12.6. The van der Waals surface area contributed by atoms with Crippen molar-refractivity contribution >= 4 is 17.6 Å². The maximum absolute atomic E-state index is 12.6. The minimum Gasteiger partial charge on any atom is -0.479 e. The molecule has 0 spiro atoms. The van der Waals surface area contributed by atoms with E-state index in [9.17, 15) is 13.6 Å². The van der Waals surface area contributed by atoms with E-state index >= 15 is 0 Å². The highest BCUT2D eigenvalue weighted by Gasteiger charge is 2.45. The Labute approximate surface area is 89.5 Å². The van der Waals surface area contributed by atoms with Crippen molar-refractivity contribution in [2.24, 2.45) is 5.73 Å². The Morgan fingerprint density at radius 3 is 2.20 bits per heavy atom. The predicted molar refractivity (Wildman–Crippen MR) is 51.0 cm³/mol. The summed E-state index contributed by atoms with van der Waals surface area (Å²) in [5.41, 5.74) is 2.29. The number of carboxylic acids is 1. The molecule has 0 saturated carbocycles. The average Bonchev–Trinajstić information content (AvgIpc) is 2.17. The van der Waals surface area contributed by atoms with Gasteiger partial charge in [0.25, 0.3) is 6.43 Å². The van der Waals surface area contributed by atoms with Crippen molar-refractivity contribution in [2.75, 3.05) is 0 Å². The minimum atomic E-state index is -3.20. The van der Waals surface area contributed by atoms with Crippen molar-refractivity contribution in [1.82, 2.24) is 0 Å². The Morgan fingerprint density at radius 2 is 1.87 bits per heavy atom. The van der Waals surface area contributed by atoms with Gasteiger partial charge in [-0.05, 0) is 17.7 Å². The predicted octanol–water partition coefficient (Wildman–Crippen LogP) is 1.84. The van der Waals surface area contributed by atoms with E-state index < -0.39 is 17.9 Å². The molecule has 15 heavy (non-hydrogen) atoms. The first kappa shape index (κ1) is 11.9. The molecular weight excluding hydrogens is 228 g/mol. The zero-order valence-electron chi connectivity index (χ0n) is 7.45. The van der Waals surface area contributed by atoms with Crippen LogP contribution in [-0.2, 0) is 10.3 Å². The summed E-state index contributed by atoms with van der Waals surface area (Å²) in [4.78, 5) is 10.7. The highest BCUT2D eigenvalue weighted by molar-refractivity contribution is 6.30. The lowest BCUT2D eigenvalue weighted by atomic mass is 9.92. The quantitative estimate of drug-likeness (QED) is 0.840. The molecule has 0 saturated heterocycles. The number of carbonyl (C=O) groups is 1. The molecule has 1 aromatic carbocycles. The van der Waals surface area contributed by atoms with Crippen LogP contribution in [0.15, 0.2) is 24.3 Å². The molecule has 1 aromatic rings. The van der Waals surface area contributed by atoms with Crippen LogP contribution in [0.2, 0.25) is 5.02 Å². The third-order valence-corrected chi connectivity index (χ3v) is 2.27. The van der Waals surface area contributed by atoms with Gasteiger partial charge in [-0.15, -0.1) is 0 Å². The van der Waals surface area contributed by atoms with Crippen molar-refractivity contribution in [3.63, 3.8) is 0 Å². The number of aliphatic carboxylic acids is 1. The molecule has 0 aliphatic rings. The molecule has 0 bridgehead atoms. The molecule has 0 radical (unpaired) electrons. The zero-order chi connectivity index (χ0) is 11.6. The van der Waals surface area contributed by atoms with Crippen molar-refractivity contribution in [3.8, 4) is 0 Å². The Hall–Kier alpha value is -1.20. The molecule has 82 valence electrons. The monoisotopic (exact) mass is 235 g/mol. The van der Waals surface area contributed by atoms with Gasteiger partial charge >= 0.3 is 5.97 Å². The number of alkyl halides is 2. The van der Waals surface area contributed by atoms with E-state index in [2.05, 4.69) is 0 Å². The summed E-state index contributed by atoms with van der Waals surface area (Å²) in [5, 5.41) is 9.01. The van der Waals surface area contributed by atoms with Gasteiger partial charge in [0.2, 0.25) is 5.54 Å². The first-order valence-electron chi connectivity index (χ1n) is 3.95. The van der Waals surface area contributed by atoms with Crippen LogP contribution < -0.4 is 5.73 Å². The summed E-state index contributed by atoms with van der Waals surface area (Å²) in [7, 11) is 0. The van der Waals surface area contributed by atoms with E-state index in [0.29, 0.717) is 5.02 Å². The molecule has 1 rings (SSSR count). The second-order valence-electron chi connectivity index (χ2n) is 2.98. The topological polar surface area (TPSA) is 63.3 Å². The summed E-state index contributed by atoms with van der Waals surface area (Å²) in [5.74, 6) is -1.78. The third kappa shape index (κ3) is 2.08. The number of hydrogen-bond donors (Lipinski definition) is 2. The van der Waals surface area contributed by atoms with Crippen molar-refractivity contribution in [2.45, 2.75) is 12.0 Å². The van der Waals surface area contributed by atoms with Crippen LogP contribution in [0.5, 0.6) is 0 Å². The standard InChI is InChI=1S/C9H8ClF2NO2/c10-6-3-1-5(2-4-6)9(13,7(11)12)8(14)15/h1-4,7H,13H2,(H,14,15). The van der Waals surface area contributed by atoms with Crippen LogP contribution in [-0.4, -0.2) is 17.5 Å². The Bertz CT molecular complexity index is 369. The van der Waals surface area contributed by atoms with Gasteiger partial charge in [-0.1, -0.05) is 23.7 Å². The normalized spacial score (nSPS) is 15.0. The molecule has 0 heterocycles. The second-order valence-corrected chi connectivity index (χ2v) is 3.42. The maximum Gasteiger partial charge on any atom is 0.334 e. The molecule has 0 amide bonds. The fraction of sp³-hybridized carbons (Fsp3) is 0.222. The van der Waals surface area contributed by atoms with E-state index in [1.54, 1.807) is 0 Å². The van der Waals surface area contributed by atoms with Crippen LogP contribution >= 0.6 is 11.6 Å². The van der Waals surface area contributed by atoms with Gasteiger partial charge in [-0.3, -0.25) is 0 Å². The van der Waals surface area contributed by atoms with Gasteiger partial charge in [0.1, 0.15) is 0 Å². The van der Waals surface area contributed by atoms with E-state index in [0.717, 1.165) is 0 Å². The fourth-order valence-electron chi connectivity index (χ4n) is 1.07. The lowest BCUT2D eigenvalue weighted by molar-refractivity contribution is -0.150. The summed E-state index contributed by atoms with van der Waals surface area (Å²) in [6, 6.07) is 4.96. The molecule has 0 fully saturated rings. The SMILES string of the molecule is NC(C(=O)O)(c1ccc(Cl)cc1)C(F)F. The molecule has 3 N–H and O–H groups in total. The Kier molecular flexibility index (Phi) is 3.26. The zero-order valence-corrected chi connectivity index (χ0v) is 8.21. The number of hydrogen-bond acceptors (Lipinski definition) is 2. The lowest BCUT2D eigenvalue weighted by Gasteiger charge is -2.23. The van der Waals surface area contributed by atoms with E-state index in [-0.39, 0.29) is 5.56 Å². The molecule has 0 aromatic heterocycles. The molecule has 1 unspecified atom stereocenters. The largest absolute Gasteiger partial charge is 0.479 e. The van der Waals surface area contributed by atoms with Crippen LogP contribution in [0.1, 0.15) is 5.56 Å². The Balaban J connectivity index is 3.22. The highest BCUT2D eigenvalue weighted by Crippen LogP contribution is 2.27. The summed E-state index contributed by atoms with van der Waals surface area (Å²) in [6.07, 6.45) is -3.20. The smallest absolute Gasteiger partial charge is 0.334 e. The molecule has 0 aliphatic carbocycles. The number of rotatable bonds is 3. The van der Waals surface area contributed by atoms with Crippen molar-refractivity contribution in [3.05, 3.63) is 34.9 Å². The fourth-order valence-corrected chi connectivity index (χ4v) is 1.19. The molecule has 1 atom stereocenters. The van der Waals surface area contributed by atoms with Gasteiger partial charge in [-0.25, -0.2) is 13.6 Å². The Morgan fingerprint density at radius 1 is 1.40 bits per heavy atom. The van der Waals surface area contributed by atoms with Crippen LogP contribution in [0.4, 0.5) is 8.78 Å². The molecular formula is C9H8ClF2NO2. The average molecular weight is 236 g/mol. The summed E-state index contributed by atoms with van der Waals surface area (Å²) >= 11 is 5.55. The lowest BCUT2D eigenvalue weighted by Crippen LogP contribution is -2.51. The highest BCUT2D eigenvalue weighted by atomic mass is 35.5. The van der Waals surface area contributed by atoms with Crippen LogP contribution in [0, 0.1) is 0 Å². The van der Waals surface area contributed by atoms with Gasteiger partial charge in [0.05, 0.1) is 0 Å². The van der Waals surface area contributed by atoms with E-state index in [1.165, 1.54) is 24.3 Å². The number of halogens is 3. The van der Waals surface area contributed by atoms with E-state index in [1.807, 2.05) is 0 Å². The molecule has 0 aliphatic heterocycles. The van der Waals surface area contributed by atoms with Gasteiger partial charge < -0.3 is 10.8 Å². The summed E-state index contributed by atoms with van der Waals surface area (Å²) < 4.78 is 25.2. The van der Waals surface area contributed by atoms with E-state index in [4.69, 9.17) is 22.4 Å². The van der Waals surface area contributed by atoms with Crippen LogP contribution in [0.25, 0.3) is 0 Å². The van der Waals surface area contributed by atoms with Crippen LogP contribution in [0.3, 0.4) is 0 Å². The van der Waals surface area contributed by atoms with Gasteiger partial charge in [0, 0.05) is 5.02 Å².